The van der Waals surface area contributed by atoms with Gasteiger partial charge in [0.25, 0.3) is 0 Å². The fourth-order valence-electron chi connectivity index (χ4n) is 3.76. The summed E-state index contributed by atoms with van der Waals surface area (Å²) in [5.41, 5.74) is 2.33. The zero-order valence-corrected chi connectivity index (χ0v) is 13.0. The first-order valence-corrected chi connectivity index (χ1v) is 8.34. The molecule has 1 aliphatic heterocycles. The van der Waals surface area contributed by atoms with Crippen molar-refractivity contribution in [3.8, 4) is 0 Å². The van der Waals surface area contributed by atoms with Crippen molar-refractivity contribution < 1.29 is 4.79 Å². The molecule has 0 aromatic heterocycles. The van der Waals surface area contributed by atoms with Crippen LogP contribution in [0.25, 0.3) is 0 Å². The summed E-state index contributed by atoms with van der Waals surface area (Å²) in [5.74, 6) is 1.10. The lowest BCUT2D eigenvalue weighted by atomic mass is 9.87. The molecule has 1 heterocycles. The van der Waals surface area contributed by atoms with E-state index < -0.39 is 0 Å². The fraction of sp³-hybridized carbons (Fsp3) is 0.611. The molecule has 0 saturated heterocycles. The zero-order chi connectivity index (χ0) is 14.7. The van der Waals surface area contributed by atoms with E-state index in [1.807, 2.05) is 19.2 Å². The molecule has 3 nitrogen and oxygen atoms in total. The van der Waals surface area contributed by atoms with E-state index in [4.69, 9.17) is 0 Å². The van der Waals surface area contributed by atoms with Crippen LogP contribution in [0, 0.1) is 5.92 Å². The first-order chi connectivity index (χ1) is 10.3. The smallest absolute Gasteiger partial charge is 0.228 e. The van der Waals surface area contributed by atoms with E-state index in [2.05, 4.69) is 17.4 Å². The third-order valence-corrected chi connectivity index (χ3v) is 5.09. The Labute approximate surface area is 127 Å². The van der Waals surface area contributed by atoms with E-state index in [0.717, 1.165) is 18.2 Å². The van der Waals surface area contributed by atoms with Gasteiger partial charge in [-0.2, -0.15) is 0 Å². The van der Waals surface area contributed by atoms with Gasteiger partial charge in [0.1, 0.15) is 0 Å². The number of hydrogen-bond acceptors (Lipinski definition) is 2. The van der Waals surface area contributed by atoms with Crippen molar-refractivity contribution in [2.24, 2.45) is 5.92 Å². The van der Waals surface area contributed by atoms with Crippen LogP contribution < -0.4 is 10.2 Å². The Morgan fingerprint density at radius 1 is 1.19 bits per heavy atom. The number of carbonyl (C=O) groups excluding carboxylic acids is 1. The molecule has 1 fully saturated rings. The number of carbonyl (C=O) groups is 1. The number of para-hydroxylation sites is 1. The van der Waals surface area contributed by atoms with E-state index in [-0.39, 0.29) is 11.9 Å². The fourth-order valence-corrected chi connectivity index (χ4v) is 3.76. The lowest BCUT2D eigenvalue weighted by Gasteiger charge is -2.32. The number of nitrogens with one attached hydrogen (secondary N) is 1. The summed E-state index contributed by atoms with van der Waals surface area (Å²) in [7, 11) is 1.87. The largest absolute Gasteiger partial charge is 0.315 e. The summed E-state index contributed by atoms with van der Waals surface area (Å²) >= 11 is 0. The summed E-state index contributed by atoms with van der Waals surface area (Å²) < 4.78 is 0. The van der Waals surface area contributed by atoms with Crippen molar-refractivity contribution in [3.05, 3.63) is 29.8 Å². The maximum Gasteiger partial charge on any atom is 0.228 e. The van der Waals surface area contributed by atoms with E-state index >= 15 is 0 Å². The molecule has 2 aliphatic rings. The summed E-state index contributed by atoms with van der Waals surface area (Å²) in [5, 5.41) is 3.63. The van der Waals surface area contributed by atoms with Gasteiger partial charge in [0, 0.05) is 25.2 Å². The predicted molar refractivity (Wildman–Crippen MR) is 86.4 cm³/mol. The monoisotopic (exact) mass is 286 g/mol. The van der Waals surface area contributed by atoms with Gasteiger partial charge in [-0.3, -0.25) is 4.79 Å². The molecule has 0 bridgehead atoms. The number of fused-ring (bicyclic) bond motifs is 1. The van der Waals surface area contributed by atoms with Crippen molar-refractivity contribution in [1.82, 2.24) is 5.32 Å². The standard InChI is InChI=1S/C18H26N2O/c1-20-17-10-6-5-9-15(17)16(13-18(20)21)19-12-11-14-7-3-2-4-8-14/h5-6,9-10,14,16,19H,2-4,7-8,11-13H2,1H3. The summed E-state index contributed by atoms with van der Waals surface area (Å²) in [6.45, 7) is 1.03. The molecule has 1 aromatic carbocycles. The van der Waals surface area contributed by atoms with E-state index in [1.54, 1.807) is 4.90 Å². The van der Waals surface area contributed by atoms with E-state index in [9.17, 15) is 4.79 Å². The third kappa shape index (κ3) is 3.29. The Hall–Kier alpha value is -1.35. The molecular formula is C18H26N2O. The quantitative estimate of drug-likeness (QED) is 0.916. The summed E-state index contributed by atoms with van der Waals surface area (Å²) in [4.78, 5) is 13.9. The molecule has 0 spiro atoms. The molecule has 1 aliphatic carbocycles. The zero-order valence-electron chi connectivity index (χ0n) is 13.0. The number of rotatable bonds is 4. The first kappa shape index (κ1) is 14.6. The van der Waals surface area contributed by atoms with Crippen LogP contribution in [-0.2, 0) is 4.79 Å². The van der Waals surface area contributed by atoms with Gasteiger partial charge in [-0.1, -0.05) is 50.3 Å². The van der Waals surface area contributed by atoms with Gasteiger partial charge in [0.05, 0.1) is 0 Å². The Morgan fingerprint density at radius 3 is 2.76 bits per heavy atom. The van der Waals surface area contributed by atoms with Crippen LogP contribution in [0.1, 0.15) is 56.6 Å². The van der Waals surface area contributed by atoms with Crippen molar-refractivity contribution in [3.63, 3.8) is 0 Å². The maximum absolute atomic E-state index is 12.1. The number of nitrogens with zero attached hydrogens (tertiary/aromatic N) is 1. The molecule has 21 heavy (non-hydrogen) atoms. The highest BCUT2D eigenvalue weighted by Crippen LogP contribution is 2.33. The second-order valence-electron chi connectivity index (χ2n) is 6.52. The molecule has 0 radical (unpaired) electrons. The highest BCUT2D eigenvalue weighted by molar-refractivity contribution is 5.96. The van der Waals surface area contributed by atoms with Crippen molar-refractivity contribution >= 4 is 11.6 Å². The molecule has 3 heteroatoms. The molecule has 1 amide bonds. The van der Waals surface area contributed by atoms with Crippen LogP contribution in [0.5, 0.6) is 0 Å². The summed E-state index contributed by atoms with van der Waals surface area (Å²) in [6, 6.07) is 8.46. The van der Waals surface area contributed by atoms with E-state index in [0.29, 0.717) is 6.42 Å². The van der Waals surface area contributed by atoms with Gasteiger partial charge in [-0.05, 0) is 30.5 Å². The van der Waals surface area contributed by atoms with Crippen LogP contribution in [-0.4, -0.2) is 19.5 Å². The van der Waals surface area contributed by atoms with Gasteiger partial charge >= 0.3 is 0 Å². The van der Waals surface area contributed by atoms with Gasteiger partial charge in [-0.25, -0.2) is 0 Å². The summed E-state index contributed by atoms with van der Waals surface area (Å²) in [6.07, 6.45) is 8.84. The molecule has 1 N–H and O–H groups in total. The lowest BCUT2D eigenvalue weighted by molar-refractivity contribution is -0.119. The van der Waals surface area contributed by atoms with Crippen molar-refractivity contribution in [2.45, 2.75) is 51.0 Å². The topological polar surface area (TPSA) is 32.3 Å². The van der Waals surface area contributed by atoms with Crippen LogP contribution in [0.4, 0.5) is 5.69 Å². The van der Waals surface area contributed by atoms with Crippen LogP contribution >= 0.6 is 0 Å². The van der Waals surface area contributed by atoms with Crippen LogP contribution in [0.2, 0.25) is 0 Å². The molecule has 1 aromatic rings. The van der Waals surface area contributed by atoms with Crippen molar-refractivity contribution in [2.75, 3.05) is 18.5 Å². The van der Waals surface area contributed by atoms with Gasteiger partial charge in [-0.15, -0.1) is 0 Å². The number of hydrogen-bond donors (Lipinski definition) is 1. The average molecular weight is 286 g/mol. The third-order valence-electron chi connectivity index (χ3n) is 5.09. The Kier molecular flexibility index (Phi) is 4.59. The number of benzene rings is 1. The van der Waals surface area contributed by atoms with Crippen LogP contribution in [0.3, 0.4) is 0 Å². The minimum Gasteiger partial charge on any atom is -0.315 e. The Balaban J connectivity index is 1.60. The minimum atomic E-state index is 0.188. The molecular weight excluding hydrogens is 260 g/mol. The SMILES string of the molecule is CN1C(=O)CC(NCCC2CCCCC2)c2ccccc21. The molecule has 3 rings (SSSR count). The first-order valence-electron chi connectivity index (χ1n) is 8.34. The van der Waals surface area contributed by atoms with Gasteiger partial charge < -0.3 is 10.2 Å². The van der Waals surface area contributed by atoms with Gasteiger partial charge in [0.2, 0.25) is 5.91 Å². The minimum absolute atomic E-state index is 0.188. The number of amides is 1. The second kappa shape index (κ2) is 6.61. The highest BCUT2D eigenvalue weighted by Gasteiger charge is 2.28. The Bertz CT molecular complexity index is 494. The molecule has 1 saturated carbocycles. The maximum atomic E-state index is 12.1. The number of anilines is 1. The van der Waals surface area contributed by atoms with Gasteiger partial charge in [0.15, 0.2) is 0 Å². The molecule has 1 atom stereocenters. The average Bonchev–Trinajstić information content (AvgIpc) is 2.53. The lowest BCUT2D eigenvalue weighted by Crippen LogP contribution is -2.38. The van der Waals surface area contributed by atoms with E-state index in [1.165, 1.54) is 44.1 Å². The highest BCUT2D eigenvalue weighted by atomic mass is 16.2. The normalized spacial score (nSPS) is 23.2. The van der Waals surface area contributed by atoms with Crippen LogP contribution in [0.15, 0.2) is 24.3 Å². The second-order valence-corrected chi connectivity index (χ2v) is 6.52. The van der Waals surface area contributed by atoms with Crippen molar-refractivity contribution in [1.29, 1.82) is 0 Å². The molecule has 114 valence electrons. The predicted octanol–water partition coefficient (Wildman–Crippen LogP) is 3.65. The Morgan fingerprint density at radius 2 is 1.95 bits per heavy atom. The molecule has 1 unspecified atom stereocenters.